The minimum absolute atomic E-state index is 0.134. The first-order chi connectivity index (χ1) is 11.2. The molecule has 0 fully saturated rings. The van der Waals surface area contributed by atoms with E-state index >= 15 is 0 Å². The number of likely N-dealkylation sites (N-methyl/N-ethyl adjacent to an activating group) is 1. The van der Waals surface area contributed by atoms with Crippen molar-refractivity contribution in [2.45, 2.75) is 13.3 Å². The summed E-state index contributed by atoms with van der Waals surface area (Å²) in [6, 6.07) is 0. The molecule has 1 unspecified atom stereocenters. The quantitative estimate of drug-likeness (QED) is 0.229. The van der Waals surface area contributed by atoms with E-state index in [2.05, 4.69) is 63.1 Å². The van der Waals surface area contributed by atoms with Crippen LogP contribution in [-0.2, 0) is 13.6 Å². The van der Waals surface area contributed by atoms with E-state index in [0.717, 1.165) is 0 Å². The molecule has 0 saturated carbocycles. The van der Waals surface area contributed by atoms with Crippen LogP contribution in [0.2, 0.25) is 0 Å². The summed E-state index contributed by atoms with van der Waals surface area (Å²) in [7, 11) is 1.78. The van der Waals surface area contributed by atoms with E-state index in [1.54, 1.807) is 6.92 Å². The predicted molar refractivity (Wildman–Crippen MR) is 98.7 cm³/mol. The number of rotatable bonds is 8. The SMILES string of the molecule is C#CC#CC#CC#CC.C[N+](C)(C)CCOP(=O)([O-])OCCCS. The Morgan fingerprint density at radius 2 is 1.62 bits per heavy atom. The van der Waals surface area contributed by atoms with Crippen molar-refractivity contribution in [3.05, 3.63) is 0 Å². The molecule has 0 N–H and O–H groups in total. The smallest absolute Gasteiger partial charge is 0.268 e. The van der Waals surface area contributed by atoms with Crippen LogP contribution in [0, 0.1) is 47.9 Å². The number of phosphoric ester groups is 1. The van der Waals surface area contributed by atoms with Crippen molar-refractivity contribution in [1.82, 2.24) is 0 Å². The van der Waals surface area contributed by atoms with Gasteiger partial charge in [-0.05, 0) is 54.6 Å². The monoisotopic (exact) mass is 369 g/mol. The molecule has 0 aliphatic heterocycles. The van der Waals surface area contributed by atoms with Crippen LogP contribution in [0.5, 0.6) is 0 Å². The zero-order valence-electron chi connectivity index (χ0n) is 14.6. The summed E-state index contributed by atoms with van der Waals surface area (Å²) < 4.78 is 21.1. The van der Waals surface area contributed by atoms with Crippen molar-refractivity contribution in [2.24, 2.45) is 0 Å². The number of terminal acetylenes is 1. The van der Waals surface area contributed by atoms with E-state index in [1.165, 1.54) is 0 Å². The molecule has 0 aromatic rings. The second-order valence-electron chi connectivity index (χ2n) is 5.22. The van der Waals surface area contributed by atoms with Gasteiger partial charge in [0, 0.05) is 0 Å². The Morgan fingerprint density at radius 3 is 2.12 bits per heavy atom. The van der Waals surface area contributed by atoms with Gasteiger partial charge in [-0.25, -0.2) is 0 Å². The molecule has 5 nitrogen and oxygen atoms in total. The van der Waals surface area contributed by atoms with E-state index in [-0.39, 0.29) is 13.2 Å². The third-order valence-corrected chi connectivity index (χ3v) is 3.32. The van der Waals surface area contributed by atoms with Gasteiger partial charge in [0.2, 0.25) is 0 Å². The maximum atomic E-state index is 11.1. The van der Waals surface area contributed by atoms with Gasteiger partial charge in [0.1, 0.15) is 13.2 Å². The van der Waals surface area contributed by atoms with Crippen LogP contribution in [-0.4, -0.2) is 51.1 Å². The highest BCUT2D eigenvalue weighted by molar-refractivity contribution is 7.80. The second kappa shape index (κ2) is 15.2. The standard InChI is InChI=1S/C9H4.C8H20NO4PS/c1-3-5-7-9-8-6-4-2;1-9(2,3)5-7-13-14(10,11)12-6-4-8-15/h1H,2H3;4-8H2,1-3H3,(H-,10,11,15). The fourth-order valence-corrected chi connectivity index (χ4v) is 1.76. The Hall–Kier alpha value is -1.34. The zero-order chi connectivity index (χ0) is 18.9. The topological polar surface area (TPSA) is 58.6 Å². The summed E-state index contributed by atoms with van der Waals surface area (Å²) in [6.45, 7) is 2.60. The second-order valence-corrected chi connectivity index (χ2v) is 7.08. The minimum Gasteiger partial charge on any atom is -0.756 e. The Labute approximate surface area is 151 Å². The van der Waals surface area contributed by atoms with E-state index in [4.69, 9.17) is 6.42 Å². The van der Waals surface area contributed by atoms with E-state index in [0.29, 0.717) is 23.2 Å². The van der Waals surface area contributed by atoms with Crippen LogP contribution in [0.25, 0.3) is 0 Å². The highest BCUT2D eigenvalue weighted by Gasteiger charge is 2.12. The number of quaternary nitrogens is 1. The lowest BCUT2D eigenvalue weighted by atomic mass is 10.5. The van der Waals surface area contributed by atoms with Crippen LogP contribution in [0.15, 0.2) is 0 Å². The molecule has 0 aliphatic rings. The van der Waals surface area contributed by atoms with Gasteiger partial charge < -0.3 is 18.4 Å². The number of nitrogens with zero attached hydrogens (tertiary/aromatic N) is 1. The summed E-state index contributed by atoms with van der Waals surface area (Å²) in [5.74, 6) is 17.6. The molecule has 24 heavy (non-hydrogen) atoms. The third-order valence-electron chi connectivity index (χ3n) is 2.01. The molecule has 7 heteroatoms. The normalized spacial score (nSPS) is 11.5. The molecule has 0 aromatic carbocycles. The molecule has 0 heterocycles. The Morgan fingerprint density at radius 1 is 1.08 bits per heavy atom. The molecule has 0 spiro atoms. The molecule has 0 rings (SSSR count). The van der Waals surface area contributed by atoms with Gasteiger partial charge >= 0.3 is 0 Å². The fourth-order valence-electron chi connectivity index (χ4n) is 0.897. The van der Waals surface area contributed by atoms with Crippen molar-refractivity contribution in [3.8, 4) is 47.9 Å². The maximum absolute atomic E-state index is 11.1. The summed E-state index contributed by atoms with van der Waals surface area (Å²) in [5.41, 5.74) is 0. The average molecular weight is 369 g/mol. The van der Waals surface area contributed by atoms with Crippen molar-refractivity contribution < 1.29 is 23.0 Å². The summed E-state index contributed by atoms with van der Waals surface area (Å²) in [5, 5.41) is 0. The molecule has 132 valence electrons. The molecule has 0 aromatic heterocycles. The molecule has 0 saturated heterocycles. The molecule has 0 amide bonds. The third kappa shape index (κ3) is 22.9. The molecular weight excluding hydrogens is 345 g/mol. The summed E-state index contributed by atoms with van der Waals surface area (Å²) in [4.78, 5) is 11.1. The number of hydrogen-bond acceptors (Lipinski definition) is 5. The zero-order valence-corrected chi connectivity index (χ0v) is 16.4. The highest BCUT2D eigenvalue weighted by atomic mass is 32.1. The Kier molecular flexibility index (Phi) is 15.8. The average Bonchev–Trinajstić information content (AvgIpc) is 2.46. The maximum Gasteiger partial charge on any atom is 0.268 e. The van der Waals surface area contributed by atoms with Crippen LogP contribution in [0.3, 0.4) is 0 Å². The molecule has 0 aliphatic carbocycles. The van der Waals surface area contributed by atoms with Crippen molar-refractivity contribution >= 4 is 20.5 Å². The molecular formula is C17H24NO4PS. The largest absolute Gasteiger partial charge is 0.756 e. The van der Waals surface area contributed by atoms with Crippen molar-refractivity contribution in [2.75, 3.05) is 46.7 Å². The van der Waals surface area contributed by atoms with Crippen LogP contribution >= 0.6 is 20.5 Å². The lowest BCUT2D eigenvalue weighted by molar-refractivity contribution is -0.870. The highest BCUT2D eigenvalue weighted by Crippen LogP contribution is 2.38. The summed E-state index contributed by atoms with van der Waals surface area (Å²) in [6.07, 6.45) is 5.41. The molecule has 1 atom stereocenters. The van der Waals surface area contributed by atoms with Gasteiger partial charge in [0.05, 0.1) is 27.7 Å². The van der Waals surface area contributed by atoms with Gasteiger partial charge in [-0.15, -0.1) is 6.42 Å². The fraction of sp³-hybridized carbons (Fsp3) is 0.529. The first kappa shape index (κ1) is 24.9. The molecule has 0 bridgehead atoms. The number of thiol groups is 1. The van der Waals surface area contributed by atoms with E-state index in [9.17, 15) is 9.46 Å². The van der Waals surface area contributed by atoms with Gasteiger partial charge in [0.25, 0.3) is 7.82 Å². The number of hydrogen-bond donors (Lipinski definition) is 1. The van der Waals surface area contributed by atoms with Gasteiger partial charge in [-0.3, -0.25) is 4.57 Å². The van der Waals surface area contributed by atoms with E-state index < -0.39 is 7.82 Å². The first-order valence-corrected chi connectivity index (χ1v) is 9.16. The van der Waals surface area contributed by atoms with Crippen molar-refractivity contribution in [1.29, 1.82) is 0 Å². The Balaban J connectivity index is 0. The minimum atomic E-state index is -4.10. The lowest BCUT2D eigenvalue weighted by Gasteiger charge is -2.27. The van der Waals surface area contributed by atoms with Crippen LogP contribution < -0.4 is 4.89 Å². The predicted octanol–water partition coefficient (Wildman–Crippen LogP) is 1.16. The lowest BCUT2D eigenvalue weighted by Crippen LogP contribution is -2.37. The Bertz CT molecular complexity index is 615. The van der Waals surface area contributed by atoms with Crippen molar-refractivity contribution in [3.63, 3.8) is 0 Å². The van der Waals surface area contributed by atoms with Crippen LogP contribution in [0.4, 0.5) is 0 Å². The first-order valence-electron chi connectivity index (χ1n) is 7.07. The van der Waals surface area contributed by atoms with Crippen LogP contribution in [0.1, 0.15) is 13.3 Å². The molecule has 0 radical (unpaired) electrons. The van der Waals surface area contributed by atoms with Gasteiger partial charge in [-0.2, -0.15) is 12.6 Å². The summed E-state index contributed by atoms with van der Waals surface area (Å²) >= 11 is 3.94. The number of phosphoric acid groups is 1. The van der Waals surface area contributed by atoms with Gasteiger partial charge in [0.15, 0.2) is 0 Å². The van der Waals surface area contributed by atoms with E-state index in [1.807, 2.05) is 21.1 Å². The van der Waals surface area contributed by atoms with Gasteiger partial charge in [-0.1, -0.05) is 5.92 Å².